The molecule has 1 atom stereocenters. The molecule has 1 rings (SSSR count). The molecular weight excluding hydrogens is 472 g/mol. The van der Waals surface area contributed by atoms with Crippen molar-refractivity contribution in [3.8, 4) is 0 Å². The molecule has 14 heteroatoms. The molecular formula is C22H41N8O6+. The molecule has 1 aromatic rings. The van der Waals surface area contributed by atoms with Gasteiger partial charge in [-0.15, -0.1) is 0 Å². The van der Waals surface area contributed by atoms with Gasteiger partial charge in [0.1, 0.15) is 17.3 Å². The van der Waals surface area contributed by atoms with Crippen LogP contribution in [-0.2, 0) is 37.6 Å². The Balaban J connectivity index is 2.42. The van der Waals surface area contributed by atoms with Crippen LogP contribution in [0.25, 0.3) is 0 Å². The number of quaternary nitrogens is 1. The quantitative estimate of drug-likeness (QED) is 0.145. The molecule has 0 unspecified atom stereocenters. The summed E-state index contributed by atoms with van der Waals surface area (Å²) in [5.41, 5.74) is 1.97. The molecule has 14 nitrogen and oxygen atoms in total. The number of hydroxylamine groups is 1. The first-order valence-corrected chi connectivity index (χ1v) is 11.7. The second-order valence-corrected chi connectivity index (χ2v) is 10.4. The zero-order chi connectivity index (χ0) is 27.4. The Bertz CT molecular complexity index is 875. The fourth-order valence-corrected chi connectivity index (χ4v) is 2.92. The summed E-state index contributed by atoms with van der Waals surface area (Å²) in [5, 5.41) is 16.3. The number of aromatic nitrogens is 3. The van der Waals surface area contributed by atoms with Crippen molar-refractivity contribution in [3.63, 3.8) is 0 Å². The van der Waals surface area contributed by atoms with E-state index in [1.54, 1.807) is 34.0 Å². The van der Waals surface area contributed by atoms with Gasteiger partial charge in [0.05, 0.1) is 33.9 Å². The molecule has 0 fully saturated rings. The molecule has 0 aromatic carbocycles. The summed E-state index contributed by atoms with van der Waals surface area (Å²) in [6.07, 6.45) is 2.31. The van der Waals surface area contributed by atoms with Crippen LogP contribution in [0.15, 0.2) is 6.20 Å². The van der Waals surface area contributed by atoms with Crippen molar-refractivity contribution in [1.82, 2.24) is 36.4 Å². The lowest BCUT2D eigenvalue weighted by atomic mass is 10.1. The van der Waals surface area contributed by atoms with Gasteiger partial charge in [0, 0.05) is 13.6 Å². The number of amides is 4. The van der Waals surface area contributed by atoms with Gasteiger partial charge in [-0.05, 0) is 40.0 Å². The number of ether oxygens (including phenoxy) is 1. The van der Waals surface area contributed by atoms with Crippen molar-refractivity contribution in [2.45, 2.75) is 58.2 Å². The second-order valence-electron chi connectivity index (χ2n) is 10.4. The molecule has 0 saturated heterocycles. The molecule has 0 saturated carbocycles. The maximum atomic E-state index is 12.7. The van der Waals surface area contributed by atoms with Gasteiger partial charge in [0.15, 0.2) is 13.2 Å². The Morgan fingerprint density at radius 3 is 2.36 bits per heavy atom. The Morgan fingerprint density at radius 2 is 1.78 bits per heavy atom. The predicted octanol–water partition coefficient (Wildman–Crippen LogP) is -0.635. The smallest absolute Gasteiger partial charge is 0.431 e. The van der Waals surface area contributed by atoms with Gasteiger partial charge < -0.3 is 25.2 Å². The monoisotopic (exact) mass is 513 g/mol. The number of unbranched alkanes of at least 4 members (excludes halogenated alkanes) is 1. The Morgan fingerprint density at radius 1 is 1.08 bits per heavy atom. The molecule has 1 heterocycles. The van der Waals surface area contributed by atoms with Crippen LogP contribution in [0, 0.1) is 0 Å². The minimum Gasteiger partial charge on any atom is -0.442 e. The van der Waals surface area contributed by atoms with E-state index in [2.05, 4.69) is 26.1 Å². The molecule has 0 aliphatic carbocycles. The minimum atomic E-state index is -0.786. The van der Waals surface area contributed by atoms with Gasteiger partial charge in [-0.2, -0.15) is 20.5 Å². The van der Waals surface area contributed by atoms with E-state index in [-0.39, 0.29) is 31.5 Å². The van der Waals surface area contributed by atoms with Crippen LogP contribution in [0.3, 0.4) is 0 Å². The molecule has 0 aliphatic rings. The molecule has 4 N–H and O–H groups in total. The Kier molecular flexibility index (Phi) is 12.3. The van der Waals surface area contributed by atoms with Crippen LogP contribution >= 0.6 is 0 Å². The summed E-state index contributed by atoms with van der Waals surface area (Å²) in [5.74, 6) is -0.966. The minimum absolute atomic E-state index is 0.196. The first kappa shape index (κ1) is 30.8. The number of carbonyl (C=O) groups is 4. The van der Waals surface area contributed by atoms with Crippen LogP contribution in [0.5, 0.6) is 0 Å². The largest absolute Gasteiger partial charge is 0.442 e. The lowest BCUT2D eigenvalue weighted by Crippen LogP contribution is -2.51. The predicted molar refractivity (Wildman–Crippen MR) is 130 cm³/mol. The maximum Gasteiger partial charge on any atom is 0.431 e. The zero-order valence-electron chi connectivity index (χ0n) is 22.3. The summed E-state index contributed by atoms with van der Waals surface area (Å²) >= 11 is 0. The molecule has 204 valence electrons. The summed E-state index contributed by atoms with van der Waals surface area (Å²) in [6, 6.07) is -0.724. The fourth-order valence-electron chi connectivity index (χ4n) is 2.92. The Labute approximate surface area is 212 Å². The SMILES string of the molecule is Cn1ncc(CNC(=O)[C@H](CCCCNC(=O)CONC(=O)OC(C)(C)C)NC(=O)C[N+](C)(C)C)n1. The van der Waals surface area contributed by atoms with Crippen molar-refractivity contribution in [2.24, 2.45) is 7.05 Å². The van der Waals surface area contributed by atoms with Gasteiger partial charge in [0.25, 0.3) is 5.91 Å². The van der Waals surface area contributed by atoms with Gasteiger partial charge in [-0.3, -0.25) is 19.2 Å². The fraction of sp³-hybridized carbons (Fsp3) is 0.727. The highest BCUT2D eigenvalue weighted by atomic mass is 16.7. The van der Waals surface area contributed by atoms with Gasteiger partial charge >= 0.3 is 6.09 Å². The number of likely N-dealkylation sites (N-methyl/N-ethyl adjacent to an activating group) is 1. The molecule has 4 amide bonds. The van der Waals surface area contributed by atoms with Crippen molar-refractivity contribution in [1.29, 1.82) is 0 Å². The average Bonchev–Trinajstić information content (AvgIpc) is 3.13. The summed E-state index contributed by atoms with van der Waals surface area (Å²) in [4.78, 5) is 54.7. The van der Waals surface area contributed by atoms with Gasteiger partial charge in [-0.1, -0.05) is 0 Å². The van der Waals surface area contributed by atoms with Crippen molar-refractivity contribution >= 4 is 23.8 Å². The van der Waals surface area contributed by atoms with E-state index in [1.807, 2.05) is 26.6 Å². The third-order valence-corrected chi connectivity index (χ3v) is 4.36. The Hall–Kier alpha value is -3.26. The third kappa shape index (κ3) is 14.9. The van der Waals surface area contributed by atoms with Crippen LogP contribution in [0.1, 0.15) is 45.7 Å². The standard InChI is InChI=1S/C22H40N8O6/c1-22(2,3)36-21(34)28-35-15-19(32)23-11-9-8-10-17(26-18(31)14-30(5,6)7)20(33)24-12-16-13-25-29(4)27-16/h13,17H,8-12,14-15H2,1-7H3,(H3-,23,24,26,28,31,32,33,34)/p+1/t17-/m0/s1. The molecule has 1 aromatic heterocycles. The van der Waals surface area contributed by atoms with E-state index in [4.69, 9.17) is 9.57 Å². The second kappa shape index (κ2) is 14.3. The number of carbonyl (C=O) groups excluding carboxylic acids is 4. The highest BCUT2D eigenvalue weighted by Gasteiger charge is 2.23. The van der Waals surface area contributed by atoms with Gasteiger partial charge in [0.2, 0.25) is 11.8 Å². The lowest BCUT2D eigenvalue weighted by molar-refractivity contribution is -0.862. The number of nitrogens with zero attached hydrogens (tertiary/aromatic N) is 4. The van der Waals surface area contributed by atoms with Crippen LogP contribution in [0.4, 0.5) is 4.79 Å². The van der Waals surface area contributed by atoms with Gasteiger partial charge in [-0.25, -0.2) is 4.79 Å². The normalized spacial score (nSPS) is 12.4. The van der Waals surface area contributed by atoms with Crippen LogP contribution in [-0.4, -0.2) is 95.8 Å². The third-order valence-electron chi connectivity index (χ3n) is 4.36. The first-order valence-electron chi connectivity index (χ1n) is 11.7. The molecule has 0 aliphatic heterocycles. The van der Waals surface area contributed by atoms with E-state index in [0.717, 1.165) is 0 Å². The average molecular weight is 514 g/mol. The molecule has 0 bridgehead atoms. The van der Waals surface area contributed by atoms with Crippen molar-refractivity contribution in [2.75, 3.05) is 40.8 Å². The zero-order valence-corrected chi connectivity index (χ0v) is 22.3. The number of rotatable bonds is 14. The maximum absolute atomic E-state index is 12.7. The summed E-state index contributed by atoms with van der Waals surface area (Å²) < 4.78 is 5.42. The first-order chi connectivity index (χ1) is 16.6. The van der Waals surface area contributed by atoms with E-state index in [1.165, 1.54) is 4.80 Å². The number of hydrogen-bond acceptors (Lipinski definition) is 8. The number of aryl methyl sites for hydroxylation is 1. The number of hydrogen-bond donors (Lipinski definition) is 4. The van der Waals surface area contributed by atoms with Crippen LogP contribution in [0.2, 0.25) is 0 Å². The number of nitrogens with one attached hydrogen (secondary N) is 4. The molecule has 0 spiro atoms. The highest BCUT2D eigenvalue weighted by molar-refractivity contribution is 5.87. The topological polar surface area (TPSA) is 166 Å². The van der Waals surface area contributed by atoms with E-state index in [9.17, 15) is 19.2 Å². The molecule has 0 radical (unpaired) electrons. The van der Waals surface area contributed by atoms with E-state index >= 15 is 0 Å². The van der Waals surface area contributed by atoms with Crippen molar-refractivity contribution < 1.29 is 33.2 Å². The van der Waals surface area contributed by atoms with E-state index in [0.29, 0.717) is 36.0 Å². The van der Waals surface area contributed by atoms with Crippen LogP contribution < -0.4 is 21.4 Å². The van der Waals surface area contributed by atoms with E-state index < -0.39 is 23.6 Å². The summed E-state index contributed by atoms with van der Waals surface area (Å²) in [7, 11) is 7.34. The highest BCUT2D eigenvalue weighted by Crippen LogP contribution is 2.06. The summed E-state index contributed by atoms with van der Waals surface area (Å²) in [6.45, 7) is 5.52. The van der Waals surface area contributed by atoms with Crippen molar-refractivity contribution in [3.05, 3.63) is 11.9 Å². The molecule has 36 heavy (non-hydrogen) atoms. The lowest BCUT2D eigenvalue weighted by Gasteiger charge is -2.25.